The fraction of sp³-hybridized carbons (Fsp3) is 0.357. The van der Waals surface area contributed by atoms with Crippen LogP contribution in [0.15, 0.2) is 60.0 Å². The standard InChI is InChI=1S/C28H31ClFN3O3S/c1-21-10-17-37-26(21)19-33(18-22-2-8-25(30)9-3-22)27(34)20-32(12-11-31-13-15-36-16-14-31)28(35)23-4-6-24(29)7-5-23/h2-10,17H,11-16,18-20H2,1H3. The Bertz CT molecular complexity index is 1180. The first-order chi connectivity index (χ1) is 17.9. The summed E-state index contributed by atoms with van der Waals surface area (Å²) in [6.45, 7) is 6.69. The van der Waals surface area contributed by atoms with Gasteiger partial charge >= 0.3 is 0 Å². The lowest BCUT2D eigenvalue weighted by Gasteiger charge is -2.31. The van der Waals surface area contributed by atoms with Gasteiger partial charge in [-0.25, -0.2) is 4.39 Å². The second-order valence-corrected chi connectivity index (χ2v) is 10.5. The van der Waals surface area contributed by atoms with Crippen molar-refractivity contribution >= 4 is 34.8 Å². The van der Waals surface area contributed by atoms with E-state index in [0.717, 1.165) is 29.1 Å². The van der Waals surface area contributed by atoms with E-state index in [2.05, 4.69) is 4.90 Å². The molecule has 2 heterocycles. The van der Waals surface area contributed by atoms with Crippen LogP contribution in [0.25, 0.3) is 0 Å². The number of carbonyl (C=O) groups is 2. The molecule has 2 aromatic carbocycles. The zero-order valence-electron chi connectivity index (χ0n) is 20.9. The molecule has 0 radical (unpaired) electrons. The smallest absolute Gasteiger partial charge is 0.254 e. The maximum atomic E-state index is 13.7. The first kappa shape index (κ1) is 27.3. The van der Waals surface area contributed by atoms with Crippen LogP contribution in [0.5, 0.6) is 0 Å². The molecule has 9 heteroatoms. The van der Waals surface area contributed by atoms with Gasteiger partial charge in [-0.2, -0.15) is 0 Å². The summed E-state index contributed by atoms with van der Waals surface area (Å²) < 4.78 is 18.9. The van der Waals surface area contributed by atoms with E-state index in [4.69, 9.17) is 16.3 Å². The molecule has 3 aromatic rings. The minimum absolute atomic E-state index is 0.0581. The van der Waals surface area contributed by atoms with Crippen molar-refractivity contribution in [3.8, 4) is 0 Å². The third-order valence-electron chi connectivity index (χ3n) is 6.44. The summed E-state index contributed by atoms with van der Waals surface area (Å²) in [4.78, 5) is 33.9. The van der Waals surface area contributed by atoms with Crippen LogP contribution in [0.4, 0.5) is 4.39 Å². The average Bonchev–Trinajstić information content (AvgIpc) is 3.32. The molecular weight excluding hydrogens is 513 g/mol. The predicted molar refractivity (Wildman–Crippen MR) is 144 cm³/mol. The lowest BCUT2D eigenvalue weighted by Crippen LogP contribution is -2.47. The van der Waals surface area contributed by atoms with Gasteiger partial charge in [-0.1, -0.05) is 23.7 Å². The summed E-state index contributed by atoms with van der Waals surface area (Å²) in [7, 11) is 0. The quantitative estimate of drug-likeness (QED) is 0.367. The van der Waals surface area contributed by atoms with Crippen LogP contribution in [-0.4, -0.2) is 72.5 Å². The van der Waals surface area contributed by atoms with Gasteiger partial charge in [0, 0.05) is 48.2 Å². The molecule has 0 aliphatic carbocycles. The Morgan fingerprint density at radius 1 is 1.00 bits per heavy atom. The van der Waals surface area contributed by atoms with Crippen LogP contribution in [0.2, 0.25) is 5.02 Å². The molecule has 196 valence electrons. The van der Waals surface area contributed by atoms with Crippen LogP contribution in [-0.2, 0) is 22.6 Å². The number of thiophene rings is 1. The Morgan fingerprint density at radius 3 is 2.35 bits per heavy atom. The van der Waals surface area contributed by atoms with Crippen molar-refractivity contribution in [1.82, 2.24) is 14.7 Å². The molecule has 6 nitrogen and oxygen atoms in total. The van der Waals surface area contributed by atoms with Gasteiger partial charge in [0.2, 0.25) is 5.91 Å². The topological polar surface area (TPSA) is 53.1 Å². The fourth-order valence-corrected chi connectivity index (χ4v) is 5.21. The normalized spacial score (nSPS) is 13.9. The highest BCUT2D eigenvalue weighted by Crippen LogP contribution is 2.20. The maximum Gasteiger partial charge on any atom is 0.254 e. The van der Waals surface area contributed by atoms with Crippen molar-refractivity contribution in [2.75, 3.05) is 45.9 Å². The Labute approximate surface area is 226 Å². The highest BCUT2D eigenvalue weighted by molar-refractivity contribution is 7.10. The molecule has 0 N–H and O–H groups in total. The molecular formula is C28H31ClFN3O3S. The Kier molecular flexibility index (Phi) is 9.68. The van der Waals surface area contributed by atoms with Gasteiger partial charge in [0.05, 0.1) is 19.8 Å². The molecule has 0 atom stereocenters. The number of rotatable bonds is 10. The van der Waals surface area contributed by atoms with E-state index in [9.17, 15) is 14.0 Å². The van der Waals surface area contributed by atoms with Gasteiger partial charge in [-0.3, -0.25) is 14.5 Å². The molecule has 2 amide bonds. The minimum atomic E-state index is -0.321. The number of morpholine rings is 1. The number of aryl methyl sites for hydroxylation is 1. The van der Waals surface area contributed by atoms with E-state index < -0.39 is 0 Å². The molecule has 1 fully saturated rings. The Morgan fingerprint density at radius 2 is 1.70 bits per heavy atom. The van der Waals surface area contributed by atoms with Crippen molar-refractivity contribution in [3.05, 3.63) is 92.4 Å². The monoisotopic (exact) mass is 543 g/mol. The van der Waals surface area contributed by atoms with Crippen LogP contribution < -0.4 is 0 Å². The van der Waals surface area contributed by atoms with Crippen molar-refractivity contribution in [2.45, 2.75) is 20.0 Å². The first-order valence-electron chi connectivity index (χ1n) is 12.3. The Hall–Kier alpha value is -2.78. The van der Waals surface area contributed by atoms with Crippen molar-refractivity contribution < 1.29 is 18.7 Å². The molecule has 37 heavy (non-hydrogen) atoms. The number of hydrogen-bond acceptors (Lipinski definition) is 5. The molecule has 0 spiro atoms. The van der Waals surface area contributed by atoms with Crippen LogP contribution in [0, 0.1) is 12.7 Å². The molecule has 4 rings (SSSR count). The minimum Gasteiger partial charge on any atom is -0.379 e. The van der Waals surface area contributed by atoms with Gasteiger partial charge in [-0.05, 0) is 65.9 Å². The van der Waals surface area contributed by atoms with Crippen LogP contribution in [0.3, 0.4) is 0 Å². The van der Waals surface area contributed by atoms with Crippen molar-refractivity contribution in [1.29, 1.82) is 0 Å². The fourth-order valence-electron chi connectivity index (χ4n) is 4.16. The lowest BCUT2D eigenvalue weighted by molar-refractivity contribution is -0.133. The molecule has 1 aliphatic rings. The summed E-state index contributed by atoms with van der Waals surface area (Å²) in [5.41, 5.74) is 2.43. The number of ether oxygens (including phenoxy) is 1. The summed E-state index contributed by atoms with van der Waals surface area (Å²) in [5, 5.41) is 2.55. The van der Waals surface area contributed by atoms with Crippen LogP contribution in [0.1, 0.15) is 26.4 Å². The molecule has 1 aromatic heterocycles. The number of hydrogen-bond donors (Lipinski definition) is 0. The second-order valence-electron chi connectivity index (χ2n) is 9.09. The largest absolute Gasteiger partial charge is 0.379 e. The zero-order chi connectivity index (χ0) is 26.2. The first-order valence-corrected chi connectivity index (χ1v) is 13.5. The van der Waals surface area contributed by atoms with Crippen molar-refractivity contribution in [2.24, 2.45) is 0 Å². The SMILES string of the molecule is Cc1ccsc1CN(Cc1ccc(F)cc1)C(=O)CN(CCN1CCOCC1)C(=O)c1ccc(Cl)cc1. The van der Waals surface area contributed by atoms with Gasteiger partial charge in [-0.15, -0.1) is 11.3 Å². The van der Waals surface area contributed by atoms with E-state index in [1.807, 2.05) is 18.4 Å². The lowest BCUT2D eigenvalue weighted by atomic mass is 10.1. The van der Waals surface area contributed by atoms with Gasteiger partial charge in [0.25, 0.3) is 5.91 Å². The average molecular weight is 544 g/mol. The maximum absolute atomic E-state index is 13.7. The summed E-state index contributed by atoms with van der Waals surface area (Å²) in [5.74, 6) is -0.702. The number of benzene rings is 2. The molecule has 0 saturated carbocycles. The number of amides is 2. The Balaban J connectivity index is 1.53. The van der Waals surface area contributed by atoms with E-state index in [-0.39, 0.29) is 24.2 Å². The summed E-state index contributed by atoms with van der Waals surface area (Å²) in [6.07, 6.45) is 0. The van der Waals surface area contributed by atoms with Crippen molar-refractivity contribution in [3.63, 3.8) is 0 Å². The van der Waals surface area contributed by atoms with Crippen LogP contribution >= 0.6 is 22.9 Å². The third kappa shape index (κ3) is 7.85. The highest BCUT2D eigenvalue weighted by atomic mass is 35.5. The number of halogens is 2. The summed E-state index contributed by atoms with van der Waals surface area (Å²) >= 11 is 7.62. The van der Waals surface area contributed by atoms with E-state index in [1.54, 1.807) is 57.5 Å². The number of carbonyl (C=O) groups excluding carboxylic acids is 2. The van der Waals surface area contributed by atoms with E-state index in [0.29, 0.717) is 50.0 Å². The predicted octanol–water partition coefficient (Wildman–Crippen LogP) is 4.85. The highest BCUT2D eigenvalue weighted by Gasteiger charge is 2.24. The van der Waals surface area contributed by atoms with E-state index in [1.165, 1.54) is 12.1 Å². The molecule has 0 unspecified atom stereocenters. The second kappa shape index (κ2) is 13.1. The zero-order valence-corrected chi connectivity index (χ0v) is 22.4. The third-order valence-corrected chi connectivity index (χ3v) is 7.70. The molecule has 0 bridgehead atoms. The number of nitrogens with zero attached hydrogens (tertiary/aromatic N) is 3. The molecule has 1 aliphatic heterocycles. The van der Waals surface area contributed by atoms with E-state index >= 15 is 0 Å². The summed E-state index contributed by atoms with van der Waals surface area (Å²) in [6, 6.07) is 14.9. The van der Waals surface area contributed by atoms with Gasteiger partial charge in [0.15, 0.2) is 0 Å². The molecule has 1 saturated heterocycles. The van der Waals surface area contributed by atoms with Gasteiger partial charge in [0.1, 0.15) is 12.4 Å². The van der Waals surface area contributed by atoms with Gasteiger partial charge < -0.3 is 14.5 Å².